The van der Waals surface area contributed by atoms with Crippen LogP contribution >= 0.6 is 0 Å². The fourth-order valence-electron chi connectivity index (χ4n) is 4.37. The first-order valence-corrected chi connectivity index (χ1v) is 10.3. The summed E-state index contributed by atoms with van der Waals surface area (Å²) >= 11 is 0. The van der Waals surface area contributed by atoms with E-state index < -0.39 is 23.5 Å². The van der Waals surface area contributed by atoms with Crippen LogP contribution < -0.4 is 10.9 Å². The third-order valence-corrected chi connectivity index (χ3v) is 6.32. The lowest BCUT2D eigenvalue weighted by atomic mass is 9.72. The molecule has 1 atom stereocenters. The zero-order valence-corrected chi connectivity index (χ0v) is 17.3. The predicted molar refractivity (Wildman–Crippen MR) is 115 cm³/mol. The first kappa shape index (κ1) is 20.8. The smallest absolute Gasteiger partial charge is 0.414 e. The van der Waals surface area contributed by atoms with E-state index in [9.17, 15) is 18.8 Å². The summed E-state index contributed by atoms with van der Waals surface area (Å²) in [7, 11) is 0. The molecule has 1 unspecified atom stereocenters. The van der Waals surface area contributed by atoms with E-state index in [2.05, 4.69) is 10.3 Å². The van der Waals surface area contributed by atoms with Crippen molar-refractivity contribution in [2.24, 2.45) is 0 Å². The second kappa shape index (κ2) is 7.98. The molecule has 0 radical (unpaired) electrons. The highest BCUT2D eigenvalue weighted by atomic mass is 19.1. The number of hydrogen-bond donors (Lipinski definition) is 2. The van der Waals surface area contributed by atoms with Crippen LogP contribution in [0.3, 0.4) is 0 Å². The molecule has 4 rings (SSSR count). The zero-order valence-electron chi connectivity index (χ0n) is 17.3. The number of rotatable bonds is 6. The van der Waals surface area contributed by atoms with Crippen LogP contribution in [-0.4, -0.2) is 23.1 Å². The molecule has 1 saturated heterocycles. The molecule has 2 amide bonds. The van der Waals surface area contributed by atoms with Gasteiger partial charge in [0.15, 0.2) is 6.10 Å². The van der Waals surface area contributed by atoms with Gasteiger partial charge in [0.2, 0.25) is 0 Å². The summed E-state index contributed by atoms with van der Waals surface area (Å²) in [6.07, 6.45) is -0.275. The Morgan fingerprint density at radius 2 is 1.81 bits per heavy atom. The van der Waals surface area contributed by atoms with Crippen LogP contribution in [0, 0.1) is 5.82 Å². The summed E-state index contributed by atoms with van der Waals surface area (Å²) in [5, 5.41) is 3.40. The number of benzene rings is 2. The molecule has 1 aliphatic heterocycles. The van der Waals surface area contributed by atoms with Crippen molar-refractivity contribution in [3.05, 3.63) is 70.3 Å². The van der Waals surface area contributed by atoms with Crippen molar-refractivity contribution in [1.82, 2.24) is 10.3 Å². The van der Waals surface area contributed by atoms with Gasteiger partial charge in [-0.25, -0.2) is 9.18 Å². The molecule has 0 aliphatic carbocycles. The van der Waals surface area contributed by atoms with Gasteiger partial charge in [0.05, 0.1) is 0 Å². The number of ether oxygens (including phenoxy) is 1. The lowest BCUT2D eigenvalue weighted by Gasteiger charge is -2.32. The minimum Gasteiger partial charge on any atom is -0.436 e. The highest BCUT2D eigenvalue weighted by Crippen LogP contribution is 2.36. The first-order valence-electron chi connectivity index (χ1n) is 10.3. The van der Waals surface area contributed by atoms with Crippen LogP contribution in [0.1, 0.15) is 38.7 Å². The fraction of sp³-hybridized carbons (Fsp3) is 0.292. The number of hydrogen-bond acceptors (Lipinski definition) is 4. The van der Waals surface area contributed by atoms with Gasteiger partial charge in [0.1, 0.15) is 5.82 Å². The topological polar surface area (TPSA) is 88.3 Å². The molecule has 7 heteroatoms. The fourth-order valence-corrected chi connectivity index (χ4v) is 4.37. The zero-order chi connectivity index (χ0) is 22.2. The van der Waals surface area contributed by atoms with E-state index in [4.69, 9.17) is 4.74 Å². The summed E-state index contributed by atoms with van der Waals surface area (Å²) in [6, 6.07) is 13.8. The van der Waals surface area contributed by atoms with E-state index in [-0.39, 0.29) is 17.8 Å². The maximum Gasteiger partial charge on any atom is 0.414 e. The van der Waals surface area contributed by atoms with E-state index in [0.717, 1.165) is 5.39 Å². The maximum atomic E-state index is 14.2. The van der Waals surface area contributed by atoms with E-state index in [1.54, 1.807) is 24.3 Å². The third kappa shape index (κ3) is 3.71. The number of carbonyl (C=O) groups excluding carboxylic acids is 2. The lowest BCUT2D eigenvalue weighted by Crippen LogP contribution is -2.38. The Balaban J connectivity index is 1.71. The average Bonchev–Trinajstić information content (AvgIpc) is 3.08. The highest BCUT2D eigenvalue weighted by Gasteiger charge is 2.41. The normalized spacial score (nSPS) is 16.4. The van der Waals surface area contributed by atoms with Gasteiger partial charge < -0.3 is 9.72 Å². The van der Waals surface area contributed by atoms with Gasteiger partial charge in [-0.1, -0.05) is 44.2 Å². The van der Waals surface area contributed by atoms with Gasteiger partial charge in [-0.3, -0.25) is 14.9 Å². The van der Waals surface area contributed by atoms with Crippen LogP contribution in [0.4, 0.5) is 9.18 Å². The maximum absolute atomic E-state index is 14.2. The SMILES string of the molecule is CCC(CC)(CC1OC(=O)NC1=O)c1ccc(-c2ccc3cccc(F)c3c2)[nH]c1=O. The van der Waals surface area contributed by atoms with Crippen molar-refractivity contribution in [1.29, 1.82) is 0 Å². The highest BCUT2D eigenvalue weighted by molar-refractivity contribution is 6.00. The van der Waals surface area contributed by atoms with Gasteiger partial charge in [-0.05, 0) is 42.0 Å². The number of imide groups is 1. The predicted octanol–water partition coefficient (Wildman–Crippen LogP) is 4.42. The Bertz CT molecular complexity index is 1230. The molecule has 3 aromatic rings. The quantitative estimate of drug-likeness (QED) is 0.616. The van der Waals surface area contributed by atoms with E-state index in [1.807, 2.05) is 32.0 Å². The number of cyclic esters (lactones) is 1. The van der Waals surface area contributed by atoms with Gasteiger partial charge in [0, 0.05) is 28.5 Å². The molecule has 31 heavy (non-hydrogen) atoms. The molecule has 1 aromatic heterocycles. The van der Waals surface area contributed by atoms with E-state index >= 15 is 0 Å². The largest absolute Gasteiger partial charge is 0.436 e. The Morgan fingerprint density at radius 1 is 1.03 bits per heavy atom. The molecule has 0 spiro atoms. The number of fused-ring (bicyclic) bond motifs is 1. The summed E-state index contributed by atoms with van der Waals surface area (Å²) in [5.41, 5.74) is 0.895. The number of carbonyl (C=O) groups is 2. The molecule has 0 bridgehead atoms. The molecule has 2 aromatic carbocycles. The number of pyridine rings is 1. The molecular weight excluding hydrogens is 399 g/mol. The molecule has 6 nitrogen and oxygen atoms in total. The second-order valence-electron chi connectivity index (χ2n) is 7.87. The van der Waals surface area contributed by atoms with E-state index in [0.29, 0.717) is 35.0 Å². The average molecular weight is 422 g/mol. The van der Waals surface area contributed by atoms with Crippen LogP contribution in [0.5, 0.6) is 0 Å². The summed E-state index contributed by atoms with van der Waals surface area (Å²) in [5.74, 6) is -0.804. The van der Waals surface area contributed by atoms with Gasteiger partial charge in [0.25, 0.3) is 11.5 Å². The number of amides is 2. The third-order valence-electron chi connectivity index (χ3n) is 6.32. The van der Waals surface area contributed by atoms with Crippen molar-refractivity contribution in [2.75, 3.05) is 0 Å². The van der Waals surface area contributed by atoms with Crippen molar-refractivity contribution in [3.8, 4) is 11.3 Å². The molecule has 0 saturated carbocycles. The van der Waals surface area contributed by atoms with Gasteiger partial charge >= 0.3 is 6.09 Å². The molecular formula is C24H23FN2O4. The standard InChI is InChI=1S/C24H23FN2O4/c1-3-24(4-2,13-20-22(29)27-23(30)31-20)17-10-11-19(26-21(17)28)15-9-8-14-6-5-7-18(25)16(14)12-15/h5-12,20H,3-4,13H2,1-2H3,(H,26,28)(H,27,29,30). The summed E-state index contributed by atoms with van der Waals surface area (Å²) < 4.78 is 19.3. The van der Waals surface area contributed by atoms with E-state index in [1.165, 1.54) is 6.07 Å². The Kier molecular flexibility index (Phi) is 5.35. The Hall–Kier alpha value is -3.48. The number of aromatic amines is 1. The van der Waals surface area contributed by atoms with Crippen LogP contribution in [-0.2, 0) is 14.9 Å². The van der Waals surface area contributed by atoms with Crippen LogP contribution in [0.2, 0.25) is 0 Å². The second-order valence-corrected chi connectivity index (χ2v) is 7.87. The summed E-state index contributed by atoms with van der Waals surface area (Å²) in [4.78, 5) is 39.4. The number of nitrogens with one attached hydrogen (secondary N) is 2. The van der Waals surface area contributed by atoms with Gasteiger partial charge in [-0.2, -0.15) is 0 Å². The molecule has 2 heterocycles. The van der Waals surface area contributed by atoms with Crippen molar-refractivity contribution < 1.29 is 18.7 Å². The number of aromatic nitrogens is 1. The molecule has 1 aliphatic rings. The molecule has 1 fully saturated rings. The number of halogens is 1. The van der Waals surface area contributed by atoms with Crippen molar-refractivity contribution in [2.45, 2.75) is 44.6 Å². The summed E-state index contributed by atoms with van der Waals surface area (Å²) in [6.45, 7) is 3.88. The molecule has 160 valence electrons. The van der Waals surface area contributed by atoms with Gasteiger partial charge in [-0.15, -0.1) is 0 Å². The Labute approximate surface area is 178 Å². The van der Waals surface area contributed by atoms with Crippen molar-refractivity contribution >= 4 is 22.8 Å². The van der Waals surface area contributed by atoms with Crippen LogP contribution in [0.25, 0.3) is 22.0 Å². The first-order chi connectivity index (χ1) is 14.9. The monoisotopic (exact) mass is 422 g/mol. The van der Waals surface area contributed by atoms with Crippen molar-refractivity contribution in [3.63, 3.8) is 0 Å². The van der Waals surface area contributed by atoms with Crippen LogP contribution in [0.15, 0.2) is 53.3 Å². The Morgan fingerprint density at radius 3 is 2.45 bits per heavy atom. The molecule has 2 N–H and O–H groups in total. The minimum absolute atomic E-state index is 0.223. The number of H-pyrrole nitrogens is 1. The lowest BCUT2D eigenvalue weighted by molar-refractivity contribution is -0.124. The number of alkyl carbamates (subject to hydrolysis) is 1. The minimum atomic E-state index is -0.921.